The summed E-state index contributed by atoms with van der Waals surface area (Å²) in [6.07, 6.45) is 7.08. The summed E-state index contributed by atoms with van der Waals surface area (Å²) in [5, 5.41) is 6.34. The van der Waals surface area contributed by atoms with E-state index in [1.807, 2.05) is 45.9 Å². The SMILES string of the molecule is CC1C/C=C/CCC2(CCN(C(=O)OC(C)(C)C)CC2)C(=O)NC(c2ccc(C(C)C)cc2)CNC1=O. The maximum atomic E-state index is 13.9. The second-order valence-electron chi connectivity index (χ2n) is 12.0. The maximum absolute atomic E-state index is 13.9. The van der Waals surface area contributed by atoms with Crippen molar-refractivity contribution < 1.29 is 19.1 Å². The lowest BCUT2D eigenvalue weighted by Gasteiger charge is -2.41. The lowest BCUT2D eigenvalue weighted by Crippen LogP contribution is -2.52. The third kappa shape index (κ3) is 7.83. The van der Waals surface area contributed by atoms with Crippen molar-refractivity contribution in [2.75, 3.05) is 19.6 Å². The number of piperidine rings is 1. The molecule has 37 heavy (non-hydrogen) atoms. The van der Waals surface area contributed by atoms with E-state index in [9.17, 15) is 14.4 Å². The monoisotopic (exact) mass is 511 g/mol. The fourth-order valence-corrected chi connectivity index (χ4v) is 4.97. The van der Waals surface area contributed by atoms with Crippen LogP contribution in [0.3, 0.4) is 0 Å². The van der Waals surface area contributed by atoms with Gasteiger partial charge in [-0.25, -0.2) is 4.79 Å². The second-order valence-corrected chi connectivity index (χ2v) is 12.0. The van der Waals surface area contributed by atoms with E-state index in [4.69, 9.17) is 4.74 Å². The Kier molecular flexibility index (Phi) is 9.43. The van der Waals surface area contributed by atoms with Crippen molar-refractivity contribution in [3.05, 3.63) is 47.5 Å². The number of ether oxygens (including phenoxy) is 1. The summed E-state index contributed by atoms with van der Waals surface area (Å²) in [6, 6.07) is 7.95. The normalized spacial score (nSPS) is 24.4. The first-order valence-electron chi connectivity index (χ1n) is 13.7. The van der Waals surface area contributed by atoms with Gasteiger partial charge in [0, 0.05) is 25.6 Å². The number of amides is 3. The average Bonchev–Trinajstić information content (AvgIpc) is 2.85. The maximum Gasteiger partial charge on any atom is 0.410 e. The molecule has 0 bridgehead atoms. The van der Waals surface area contributed by atoms with E-state index in [1.54, 1.807) is 4.90 Å². The van der Waals surface area contributed by atoms with Crippen molar-refractivity contribution >= 4 is 17.9 Å². The first-order chi connectivity index (χ1) is 17.4. The predicted octanol–water partition coefficient (Wildman–Crippen LogP) is 5.48. The van der Waals surface area contributed by atoms with Gasteiger partial charge in [0.2, 0.25) is 11.8 Å². The van der Waals surface area contributed by atoms with Gasteiger partial charge in [-0.1, -0.05) is 57.2 Å². The van der Waals surface area contributed by atoms with E-state index >= 15 is 0 Å². The molecule has 7 nitrogen and oxygen atoms in total. The third-order valence-electron chi connectivity index (χ3n) is 7.54. The number of rotatable bonds is 2. The molecule has 7 heteroatoms. The summed E-state index contributed by atoms with van der Waals surface area (Å²) < 4.78 is 5.56. The van der Waals surface area contributed by atoms with E-state index in [2.05, 4.69) is 42.7 Å². The number of likely N-dealkylation sites (tertiary alicyclic amines) is 1. The molecule has 2 aliphatic rings. The second kappa shape index (κ2) is 12.1. The van der Waals surface area contributed by atoms with Crippen LogP contribution >= 0.6 is 0 Å². The summed E-state index contributed by atoms with van der Waals surface area (Å²) in [5.74, 6) is 0.254. The summed E-state index contributed by atoms with van der Waals surface area (Å²) in [5.41, 5.74) is 1.07. The minimum absolute atomic E-state index is 0.00998. The van der Waals surface area contributed by atoms with Gasteiger partial charge in [0.25, 0.3) is 0 Å². The largest absolute Gasteiger partial charge is 0.444 e. The first kappa shape index (κ1) is 28.7. The van der Waals surface area contributed by atoms with E-state index < -0.39 is 11.0 Å². The van der Waals surface area contributed by atoms with Crippen LogP contribution in [-0.2, 0) is 14.3 Å². The fraction of sp³-hybridized carbons (Fsp3) is 0.633. The highest BCUT2D eigenvalue weighted by Crippen LogP contribution is 2.38. The topological polar surface area (TPSA) is 87.7 Å². The van der Waals surface area contributed by atoms with Crippen LogP contribution in [0.4, 0.5) is 4.79 Å². The van der Waals surface area contributed by atoms with Gasteiger partial charge in [-0.2, -0.15) is 0 Å². The van der Waals surface area contributed by atoms with Crippen LogP contribution in [0.25, 0.3) is 0 Å². The molecule has 1 fully saturated rings. The quantitative estimate of drug-likeness (QED) is 0.515. The molecule has 2 N–H and O–H groups in total. The zero-order valence-electron chi connectivity index (χ0n) is 23.4. The van der Waals surface area contributed by atoms with Gasteiger partial charge in [-0.05, 0) is 69.9 Å². The fourth-order valence-electron chi connectivity index (χ4n) is 4.97. The summed E-state index contributed by atoms with van der Waals surface area (Å²) in [6.45, 7) is 13.1. The minimum Gasteiger partial charge on any atom is -0.444 e. The van der Waals surface area contributed by atoms with E-state index in [1.165, 1.54) is 5.56 Å². The van der Waals surface area contributed by atoms with Gasteiger partial charge in [0.1, 0.15) is 5.60 Å². The predicted molar refractivity (Wildman–Crippen MR) is 146 cm³/mol. The van der Waals surface area contributed by atoms with Gasteiger partial charge in [0.15, 0.2) is 0 Å². The standard InChI is InChI=1S/C30H45N3O4/c1-21(2)23-11-13-24(14-12-23)25-20-31-26(34)22(3)10-8-7-9-15-30(27(35)32-25)16-18-33(19-17-30)28(36)37-29(4,5)6/h7-8,11-14,21-22,25H,9-10,15-20H2,1-6H3,(H,31,34)(H,32,35)/b8-7+. The Bertz CT molecular complexity index is 970. The molecule has 2 unspecified atom stereocenters. The van der Waals surface area contributed by atoms with Crippen molar-refractivity contribution in [3.8, 4) is 0 Å². The Labute approximate surface area is 222 Å². The molecule has 1 saturated heterocycles. The molecule has 204 valence electrons. The Morgan fingerprint density at radius 1 is 1.05 bits per heavy atom. The third-order valence-corrected chi connectivity index (χ3v) is 7.54. The van der Waals surface area contributed by atoms with Crippen LogP contribution < -0.4 is 10.6 Å². The van der Waals surface area contributed by atoms with Crippen LogP contribution in [0.1, 0.15) is 96.7 Å². The molecule has 2 heterocycles. The van der Waals surface area contributed by atoms with E-state index in [-0.39, 0.29) is 29.9 Å². The summed E-state index contributed by atoms with van der Waals surface area (Å²) in [4.78, 5) is 41.0. The lowest BCUT2D eigenvalue weighted by atomic mass is 9.73. The number of hydrogen-bond acceptors (Lipinski definition) is 4. The number of allylic oxidation sites excluding steroid dienone is 2. The van der Waals surface area contributed by atoms with Crippen molar-refractivity contribution in [1.82, 2.24) is 15.5 Å². The molecule has 3 rings (SSSR count). The Morgan fingerprint density at radius 3 is 2.30 bits per heavy atom. The van der Waals surface area contributed by atoms with Gasteiger partial charge in [0.05, 0.1) is 11.5 Å². The Hall–Kier alpha value is -2.83. The molecule has 2 atom stereocenters. The highest BCUT2D eigenvalue weighted by molar-refractivity contribution is 5.84. The lowest BCUT2D eigenvalue weighted by molar-refractivity contribution is -0.135. The molecule has 1 aromatic carbocycles. The van der Waals surface area contributed by atoms with Gasteiger partial charge in [-0.3, -0.25) is 9.59 Å². The van der Waals surface area contributed by atoms with Crippen LogP contribution in [-0.4, -0.2) is 48.0 Å². The summed E-state index contributed by atoms with van der Waals surface area (Å²) in [7, 11) is 0. The average molecular weight is 512 g/mol. The molecule has 3 amide bonds. The molecule has 1 aromatic rings. The summed E-state index contributed by atoms with van der Waals surface area (Å²) >= 11 is 0. The molecular weight excluding hydrogens is 466 g/mol. The van der Waals surface area contributed by atoms with Crippen LogP contribution in [0.5, 0.6) is 0 Å². The van der Waals surface area contributed by atoms with Crippen molar-refractivity contribution in [2.24, 2.45) is 11.3 Å². The number of nitrogens with zero attached hydrogens (tertiary/aromatic N) is 1. The molecule has 1 spiro atoms. The molecule has 0 saturated carbocycles. The highest BCUT2D eigenvalue weighted by atomic mass is 16.6. The van der Waals surface area contributed by atoms with Gasteiger partial charge >= 0.3 is 6.09 Å². The number of hydrogen-bond donors (Lipinski definition) is 2. The number of carbonyl (C=O) groups is 3. The van der Waals surface area contributed by atoms with Crippen molar-refractivity contribution in [2.45, 2.75) is 91.2 Å². The smallest absolute Gasteiger partial charge is 0.410 e. The minimum atomic E-state index is -0.581. The molecule has 0 radical (unpaired) electrons. The number of nitrogens with one attached hydrogen (secondary N) is 2. The van der Waals surface area contributed by atoms with Crippen LogP contribution in [0, 0.1) is 11.3 Å². The molecule has 2 aliphatic heterocycles. The van der Waals surface area contributed by atoms with E-state index in [0.29, 0.717) is 51.2 Å². The van der Waals surface area contributed by atoms with Gasteiger partial charge in [-0.15, -0.1) is 0 Å². The van der Waals surface area contributed by atoms with E-state index in [0.717, 1.165) is 12.0 Å². The Balaban J connectivity index is 1.83. The zero-order valence-corrected chi connectivity index (χ0v) is 23.4. The Morgan fingerprint density at radius 2 is 1.70 bits per heavy atom. The van der Waals surface area contributed by atoms with Crippen molar-refractivity contribution in [1.29, 1.82) is 0 Å². The zero-order chi connectivity index (χ0) is 27.2. The van der Waals surface area contributed by atoms with Crippen molar-refractivity contribution in [3.63, 3.8) is 0 Å². The van der Waals surface area contributed by atoms with Gasteiger partial charge < -0.3 is 20.3 Å². The first-order valence-corrected chi connectivity index (χ1v) is 13.7. The number of carbonyl (C=O) groups excluding carboxylic acids is 3. The molecular formula is C30H45N3O4. The highest BCUT2D eigenvalue weighted by Gasteiger charge is 2.43. The number of benzene rings is 1. The van der Waals surface area contributed by atoms with Crippen LogP contribution in [0.2, 0.25) is 0 Å². The van der Waals surface area contributed by atoms with Crippen LogP contribution in [0.15, 0.2) is 36.4 Å². The molecule has 0 aromatic heterocycles. The molecule has 0 aliphatic carbocycles.